The molecule has 0 unspecified atom stereocenters. The first kappa shape index (κ1) is 8.70. The van der Waals surface area contributed by atoms with E-state index >= 15 is 0 Å². The molecule has 0 aromatic heterocycles. The molecule has 0 aliphatic carbocycles. The van der Waals surface area contributed by atoms with Gasteiger partial charge in [0.25, 0.3) is 0 Å². The molecule has 0 aromatic carbocycles. The smallest absolute Gasteiger partial charge is 0.232 e. The number of nitrogens with zero attached hydrogens (tertiary/aromatic N) is 2. The van der Waals surface area contributed by atoms with Crippen molar-refractivity contribution in [3.63, 3.8) is 0 Å². The van der Waals surface area contributed by atoms with Crippen LogP contribution >= 0.6 is 0 Å². The highest BCUT2D eigenvalue weighted by Crippen LogP contribution is 1.93. The molecule has 3 heteroatoms. The van der Waals surface area contributed by atoms with Gasteiger partial charge in [0.1, 0.15) is 0 Å². The molecule has 0 N–H and O–H groups in total. The fourth-order valence-electron chi connectivity index (χ4n) is 0.487. The minimum atomic E-state index is -0.245. The molecule has 3 nitrogen and oxygen atoms in total. The van der Waals surface area contributed by atoms with E-state index in [0.717, 1.165) is 10.5 Å². The van der Waals surface area contributed by atoms with Crippen molar-refractivity contribution < 1.29 is 4.79 Å². The quantitative estimate of drug-likeness (QED) is 0.323. The van der Waals surface area contributed by atoms with E-state index in [0.29, 0.717) is 6.54 Å². The van der Waals surface area contributed by atoms with Crippen molar-refractivity contribution in [1.29, 1.82) is 5.26 Å². The summed E-state index contributed by atoms with van der Waals surface area (Å²) in [5.74, 6) is -0.245. The minimum Gasteiger partial charge on any atom is -0.274 e. The Labute approximate surface area is 60.6 Å². The number of carbonyl (C=O) groups excluding carboxylic acids is 1. The molecular weight excluding hydrogens is 128 g/mol. The predicted molar refractivity (Wildman–Crippen MR) is 37.8 cm³/mol. The lowest BCUT2D eigenvalue weighted by molar-refractivity contribution is -0.125. The Bertz CT molecular complexity index is 190. The van der Waals surface area contributed by atoms with E-state index in [1.165, 1.54) is 6.92 Å². The van der Waals surface area contributed by atoms with Crippen molar-refractivity contribution in [2.24, 2.45) is 0 Å². The van der Waals surface area contributed by atoms with Gasteiger partial charge < -0.3 is 0 Å². The van der Waals surface area contributed by atoms with Gasteiger partial charge in [0.2, 0.25) is 5.91 Å². The Kier molecular flexibility index (Phi) is 3.20. The Balaban J connectivity index is 4.00. The monoisotopic (exact) mass is 138 g/mol. The first-order chi connectivity index (χ1) is 4.57. The fraction of sp³-hybridized carbons (Fsp3) is 0.429. The fourth-order valence-corrected chi connectivity index (χ4v) is 0.487. The van der Waals surface area contributed by atoms with Gasteiger partial charge in [-0.3, -0.25) is 4.79 Å². The van der Waals surface area contributed by atoms with Gasteiger partial charge in [-0.05, 0) is 6.92 Å². The molecule has 0 aliphatic rings. The second-order valence-corrected chi connectivity index (χ2v) is 2.16. The molecule has 0 bridgehead atoms. The average molecular weight is 138 g/mol. The van der Waals surface area contributed by atoms with Crippen LogP contribution < -0.4 is 0 Å². The van der Waals surface area contributed by atoms with Crippen LogP contribution in [0.1, 0.15) is 13.8 Å². The normalized spacial score (nSPS) is 8.10. The van der Waals surface area contributed by atoms with Crippen molar-refractivity contribution in [3.8, 4) is 6.19 Å². The van der Waals surface area contributed by atoms with Crippen LogP contribution in [0.2, 0.25) is 0 Å². The summed E-state index contributed by atoms with van der Waals surface area (Å²) >= 11 is 0. The SMILES string of the molecule is C=C(C)CN(C#N)C(C)=O. The van der Waals surface area contributed by atoms with Crippen LogP contribution in [0.4, 0.5) is 0 Å². The molecule has 0 aromatic rings. The van der Waals surface area contributed by atoms with Crippen molar-refractivity contribution in [2.45, 2.75) is 13.8 Å². The van der Waals surface area contributed by atoms with E-state index < -0.39 is 0 Å². The number of nitriles is 1. The summed E-state index contributed by atoms with van der Waals surface area (Å²) in [6.07, 6.45) is 1.76. The van der Waals surface area contributed by atoms with Crippen LogP contribution in [-0.4, -0.2) is 17.4 Å². The zero-order valence-corrected chi connectivity index (χ0v) is 6.22. The lowest BCUT2D eigenvalue weighted by Crippen LogP contribution is -2.24. The molecule has 54 valence electrons. The molecule has 0 saturated carbocycles. The van der Waals surface area contributed by atoms with E-state index in [1.807, 2.05) is 0 Å². The van der Waals surface area contributed by atoms with Crippen LogP contribution in [0.25, 0.3) is 0 Å². The van der Waals surface area contributed by atoms with Crippen molar-refractivity contribution >= 4 is 5.91 Å². The number of rotatable bonds is 2. The van der Waals surface area contributed by atoms with Gasteiger partial charge in [-0.2, -0.15) is 5.26 Å². The van der Waals surface area contributed by atoms with Crippen LogP contribution in [0, 0.1) is 11.5 Å². The summed E-state index contributed by atoms with van der Waals surface area (Å²) in [5, 5.41) is 8.36. The van der Waals surface area contributed by atoms with E-state index in [-0.39, 0.29) is 5.91 Å². The maximum absolute atomic E-state index is 10.6. The summed E-state index contributed by atoms with van der Waals surface area (Å²) in [7, 11) is 0. The zero-order valence-electron chi connectivity index (χ0n) is 6.22. The largest absolute Gasteiger partial charge is 0.274 e. The number of hydrogen-bond acceptors (Lipinski definition) is 2. The van der Waals surface area contributed by atoms with Crippen molar-refractivity contribution in [3.05, 3.63) is 12.2 Å². The van der Waals surface area contributed by atoms with Gasteiger partial charge in [-0.15, -0.1) is 0 Å². The highest BCUT2D eigenvalue weighted by atomic mass is 16.2. The Morgan fingerprint density at radius 1 is 1.70 bits per heavy atom. The zero-order chi connectivity index (χ0) is 8.15. The van der Waals surface area contributed by atoms with Gasteiger partial charge in [-0.25, -0.2) is 4.90 Å². The third-order valence-electron chi connectivity index (χ3n) is 0.929. The van der Waals surface area contributed by atoms with Gasteiger partial charge in [-0.1, -0.05) is 12.2 Å². The first-order valence-corrected chi connectivity index (χ1v) is 2.90. The lowest BCUT2D eigenvalue weighted by atomic mass is 10.3. The first-order valence-electron chi connectivity index (χ1n) is 2.90. The van der Waals surface area contributed by atoms with E-state index in [4.69, 9.17) is 5.26 Å². The summed E-state index contributed by atoms with van der Waals surface area (Å²) in [4.78, 5) is 11.6. The number of carbonyl (C=O) groups is 1. The van der Waals surface area contributed by atoms with Crippen LogP contribution in [0.3, 0.4) is 0 Å². The van der Waals surface area contributed by atoms with Gasteiger partial charge in [0.15, 0.2) is 6.19 Å². The third kappa shape index (κ3) is 2.88. The van der Waals surface area contributed by atoms with Crippen LogP contribution in [-0.2, 0) is 4.79 Å². The molecule has 0 saturated heterocycles. The maximum Gasteiger partial charge on any atom is 0.232 e. The average Bonchev–Trinajstić information content (AvgIpc) is 1.81. The molecule has 0 heterocycles. The molecule has 0 radical (unpaired) electrons. The standard InChI is InChI=1S/C7H10N2O/c1-6(2)4-9(5-8)7(3)10/h1,4H2,2-3H3. The van der Waals surface area contributed by atoms with Crippen LogP contribution in [0.15, 0.2) is 12.2 Å². The molecule has 0 fully saturated rings. The highest BCUT2D eigenvalue weighted by Gasteiger charge is 2.05. The summed E-state index contributed by atoms with van der Waals surface area (Å²) in [5.41, 5.74) is 0.803. The Hall–Kier alpha value is -1.30. The minimum absolute atomic E-state index is 0.245. The number of hydrogen-bond donors (Lipinski definition) is 0. The molecule has 1 amide bonds. The molecule has 0 aliphatic heterocycles. The maximum atomic E-state index is 10.6. The molecule has 10 heavy (non-hydrogen) atoms. The van der Waals surface area contributed by atoms with E-state index in [9.17, 15) is 4.79 Å². The second kappa shape index (κ2) is 3.67. The van der Waals surface area contributed by atoms with Crippen molar-refractivity contribution in [1.82, 2.24) is 4.90 Å². The molecule has 0 atom stereocenters. The van der Waals surface area contributed by atoms with E-state index in [1.54, 1.807) is 13.1 Å². The van der Waals surface area contributed by atoms with Crippen LogP contribution in [0.5, 0.6) is 0 Å². The van der Waals surface area contributed by atoms with E-state index in [2.05, 4.69) is 6.58 Å². The third-order valence-corrected chi connectivity index (χ3v) is 0.929. The van der Waals surface area contributed by atoms with Crippen molar-refractivity contribution in [2.75, 3.05) is 6.54 Å². The summed E-state index contributed by atoms with van der Waals surface area (Å²) in [6.45, 7) is 7.03. The molecular formula is C7H10N2O. The number of amides is 1. The Morgan fingerprint density at radius 3 is 2.30 bits per heavy atom. The van der Waals surface area contributed by atoms with Gasteiger partial charge in [0.05, 0.1) is 6.54 Å². The molecule has 0 spiro atoms. The summed E-state index contributed by atoms with van der Waals surface area (Å²) in [6, 6.07) is 0. The lowest BCUT2D eigenvalue weighted by Gasteiger charge is -2.09. The van der Waals surface area contributed by atoms with Gasteiger partial charge in [0, 0.05) is 6.92 Å². The van der Waals surface area contributed by atoms with Gasteiger partial charge >= 0.3 is 0 Å². The summed E-state index contributed by atoms with van der Waals surface area (Å²) < 4.78 is 0. The molecule has 0 rings (SSSR count). The Morgan fingerprint density at radius 2 is 2.20 bits per heavy atom. The second-order valence-electron chi connectivity index (χ2n) is 2.16. The topological polar surface area (TPSA) is 44.1 Å². The predicted octanol–water partition coefficient (Wildman–Crippen LogP) is 0.892. The highest BCUT2D eigenvalue weighted by molar-refractivity contribution is 5.75.